The summed E-state index contributed by atoms with van der Waals surface area (Å²) in [5, 5.41) is 10.8. The third-order valence-corrected chi connectivity index (χ3v) is 6.78. The summed E-state index contributed by atoms with van der Waals surface area (Å²) in [6, 6.07) is 38.5. The average molecular weight is 826 g/mol. The Balaban J connectivity index is 0.000000307. The van der Waals surface area contributed by atoms with Gasteiger partial charge in [0.25, 0.3) is 0 Å². The van der Waals surface area contributed by atoms with Crippen molar-refractivity contribution in [3.8, 4) is 0 Å². The zero-order valence-corrected chi connectivity index (χ0v) is 35.3. The Hall–Kier alpha value is -2.33. The standard InChI is InChI=1S/2C13H9.2C6H7.2C3H6.2ClH.2Zr/c2*1-3-7-12-10(5-1)9-11-6-2-4-8-13(11)12;2*1-6-4-2-3-5-6;2*1-3-2;;;;/h2*1-9H;2*2,4H,3H2,1H3;2*1-2H3;2*1H;;/q4*-1;;;;;2*+2/p-2. The van der Waals surface area contributed by atoms with Gasteiger partial charge in [0.2, 0.25) is 0 Å². The SMILES string of the molecule is CC1=[C-]CC=C1.CC1=[C-]CC=C1.C[C](C)=[Zr+2].C[C](C)=[Zr+2].[Cl-].[Cl-].c1ccc2c(c1)[cH-]c1ccccc12.c1ccc2c(c1)[cH-]c1ccccc12. The van der Waals surface area contributed by atoms with Crippen LogP contribution in [0.4, 0.5) is 0 Å². The molecule has 4 heteroatoms. The molecule has 6 aromatic carbocycles. The number of hydrogen-bond donors (Lipinski definition) is 0. The molecule has 0 saturated heterocycles. The summed E-state index contributed by atoms with van der Waals surface area (Å²) >= 11 is 3.11. The monoisotopic (exact) mass is 822 g/mol. The molecule has 0 unspecified atom stereocenters. The fraction of sp³-hybridized carbons (Fsp3) is 0.182. The van der Waals surface area contributed by atoms with Crippen LogP contribution in [0.1, 0.15) is 54.4 Å². The van der Waals surface area contributed by atoms with Crippen LogP contribution < -0.4 is 24.8 Å². The van der Waals surface area contributed by atoms with Crippen molar-refractivity contribution in [1.82, 2.24) is 0 Å². The molecule has 2 aliphatic carbocycles. The predicted molar refractivity (Wildman–Crippen MR) is 199 cm³/mol. The van der Waals surface area contributed by atoms with E-state index in [-0.39, 0.29) is 24.8 Å². The van der Waals surface area contributed by atoms with E-state index in [9.17, 15) is 0 Å². The Kier molecular flexibility index (Phi) is 21.8. The molecule has 0 nitrogen and oxygen atoms in total. The summed E-state index contributed by atoms with van der Waals surface area (Å²) in [7, 11) is 0. The molecule has 0 fully saturated rings. The van der Waals surface area contributed by atoms with E-state index in [4.69, 9.17) is 0 Å². The molecule has 0 aromatic heterocycles. The Morgan fingerprint density at radius 2 is 0.708 bits per heavy atom. The normalized spacial score (nSPS) is 11.8. The van der Waals surface area contributed by atoms with Crippen LogP contribution in [0.3, 0.4) is 0 Å². The molecule has 0 heterocycles. The van der Waals surface area contributed by atoms with Crippen molar-refractivity contribution >= 4 is 49.5 Å². The minimum absolute atomic E-state index is 0. The molecule has 0 N–H and O–H groups in total. The molecule has 8 rings (SSSR count). The molecule has 0 spiro atoms. The average Bonchev–Trinajstić information content (AvgIpc) is 3.84. The van der Waals surface area contributed by atoms with Crippen LogP contribution >= 0.6 is 0 Å². The molecular weight excluding hydrogens is 782 g/mol. The van der Waals surface area contributed by atoms with Crippen LogP contribution in [0.15, 0.2) is 145 Å². The van der Waals surface area contributed by atoms with Crippen molar-refractivity contribution in [2.45, 2.75) is 54.4 Å². The van der Waals surface area contributed by atoms with E-state index in [1.807, 2.05) is 0 Å². The Morgan fingerprint density at radius 1 is 0.479 bits per heavy atom. The fourth-order valence-electron chi connectivity index (χ4n) is 4.84. The Morgan fingerprint density at radius 3 is 0.875 bits per heavy atom. The van der Waals surface area contributed by atoms with E-state index in [1.54, 1.807) is 48.5 Å². The summed E-state index contributed by atoms with van der Waals surface area (Å²) in [5.74, 6) is 0. The molecule has 244 valence electrons. The first kappa shape index (κ1) is 43.7. The molecule has 0 aliphatic heterocycles. The van der Waals surface area contributed by atoms with Crippen LogP contribution in [0.2, 0.25) is 0 Å². The second kappa shape index (κ2) is 23.9. The van der Waals surface area contributed by atoms with Crippen molar-refractivity contribution in [2.75, 3.05) is 0 Å². The van der Waals surface area contributed by atoms with Gasteiger partial charge in [0.1, 0.15) is 0 Å². The number of hydrogen-bond acceptors (Lipinski definition) is 0. The van der Waals surface area contributed by atoms with E-state index in [0.717, 1.165) is 12.8 Å². The summed E-state index contributed by atoms with van der Waals surface area (Å²) in [6.45, 7) is 12.6. The maximum Gasteiger partial charge on any atom is -0.0771 e. The number of rotatable bonds is 0. The smallest absolute Gasteiger partial charge is 0.0771 e. The van der Waals surface area contributed by atoms with Gasteiger partial charge in [0, 0.05) is 0 Å². The maximum atomic E-state index is 3.12. The van der Waals surface area contributed by atoms with Crippen LogP contribution in [0.5, 0.6) is 0 Å². The van der Waals surface area contributed by atoms with E-state index in [0.29, 0.717) is 0 Å². The first-order chi connectivity index (χ1) is 22.2. The van der Waals surface area contributed by atoms with Crippen LogP contribution in [0, 0.1) is 12.2 Å². The summed E-state index contributed by atoms with van der Waals surface area (Å²) in [5.41, 5.74) is 2.55. The minimum Gasteiger partial charge on any atom is -1.00 e. The molecular formula is C44H44Cl2Zr2-2. The molecule has 0 saturated carbocycles. The fourth-order valence-corrected chi connectivity index (χ4v) is 4.84. The zero-order valence-electron chi connectivity index (χ0n) is 28.9. The Bertz CT molecular complexity index is 1740. The van der Waals surface area contributed by atoms with E-state index < -0.39 is 0 Å². The van der Waals surface area contributed by atoms with Crippen molar-refractivity contribution < 1.29 is 73.3 Å². The van der Waals surface area contributed by atoms with Gasteiger partial charge in [-0.05, 0) is 0 Å². The first-order valence-corrected chi connectivity index (χ1v) is 18.2. The number of fused-ring (bicyclic) bond motifs is 6. The molecule has 2 aliphatic rings. The quantitative estimate of drug-likeness (QED) is 0.158. The number of benzene rings is 4. The molecule has 48 heavy (non-hydrogen) atoms. The third kappa shape index (κ3) is 15.5. The van der Waals surface area contributed by atoms with Gasteiger partial charge in [0.05, 0.1) is 0 Å². The van der Waals surface area contributed by atoms with E-state index >= 15 is 0 Å². The topological polar surface area (TPSA) is 0 Å². The van der Waals surface area contributed by atoms with Crippen LogP contribution in [0.25, 0.3) is 43.1 Å². The van der Waals surface area contributed by atoms with Gasteiger partial charge in [-0.3, -0.25) is 12.2 Å². The number of halogens is 2. The Labute approximate surface area is 330 Å². The first-order valence-electron chi connectivity index (χ1n) is 15.7. The largest absolute Gasteiger partial charge is 1.00 e. The zero-order chi connectivity index (χ0) is 33.3. The van der Waals surface area contributed by atoms with E-state index in [1.165, 1.54) is 60.6 Å². The van der Waals surface area contributed by atoms with Gasteiger partial charge in [-0.2, -0.15) is 12.2 Å². The summed E-state index contributed by atoms with van der Waals surface area (Å²) < 4.78 is 3.01. The second-order valence-corrected chi connectivity index (χ2v) is 16.5. The molecule has 0 radical (unpaired) electrons. The van der Waals surface area contributed by atoms with Crippen molar-refractivity contribution in [3.63, 3.8) is 0 Å². The van der Waals surface area contributed by atoms with Gasteiger partial charge < -0.3 is 24.8 Å². The van der Waals surface area contributed by atoms with E-state index in [2.05, 4.69) is 187 Å². The van der Waals surface area contributed by atoms with Crippen LogP contribution in [-0.2, 0) is 48.5 Å². The van der Waals surface area contributed by atoms with Gasteiger partial charge >= 0.3 is 82.6 Å². The van der Waals surface area contributed by atoms with Gasteiger partial charge in [-0.1, -0.05) is 86.6 Å². The summed E-state index contributed by atoms with van der Waals surface area (Å²) in [4.78, 5) is 0. The van der Waals surface area contributed by atoms with Gasteiger partial charge in [-0.25, -0.2) is 23.3 Å². The molecule has 6 aromatic rings. The minimum atomic E-state index is 0. The predicted octanol–water partition coefficient (Wildman–Crippen LogP) is 6.31. The molecule has 0 amide bonds. The van der Waals surface area contributed by atoms with Crippen molar-refractivity contribution in [2.24, 2.45) is 0 Å². The van der Waals surface area contributed by atoms with Crippen LogP contribution in [-0.4, -0.2) is 6.41 Å². The maximum absolute atomic E-state index is 3.12. The van der Waals surface area contributed by atoms with Crippen molar-refractivity contribution in [3.05, 3.63) is 157 Å². The third-order valence-electron chi connectivity index (χ3n) is 6.78. The second-order valence-electron chi connectivity index (χ2n) is 11.6. The van der Waals surface area contributed by atoms with Gasteiger partial charge in [-0.15, -0.1) is 92.3 Å². The van der Waals surface area contributed by atoms with Gasteiger partial charge in [0.15, 0.2) is 0 Å². The molecule has 0 atom stereocenters. The summed E-state index contributed by atoms with van der Waals surface area (Å²) in [6.07, 6.45) is 16.7. The number of allylic oxidation sites excluding steroid dienone is 8. The van der Waals surface area contributed by atoms with Crippen molar-refractivity contribution in [1.29, 1.82) is 0 Å². The molecule has 0 bridgehead atoms.